The number of rotatable bonds is 2. The van der Waals surface area contributed by atoms with Crippen molar-refractivity contribution in [2.75, 3.05) is 0 Å². The molecule has 1 aliphatic heterocycles. The molecule has 0 unspecified atom stereocenters. The van der Waals surface area contributed by atoms with Crippen LogP contribution in [0.4, 0.5) is 0 Å². The summed E-state index contributed by atoms with van der Waals surface area (Å²) in [5, 5.41) is 0. The van der Waals surface area contributed by atoms with Crippen LogP contribution in [0, 0.1) is 6.92 Å². The molecule has 2 atom stereocenters. The van der Waals surface area contributed by atoms with Crippen LogP contribution in [0.2, 0.25) is 0 Å². The molecule has 16 heavy (non-hydrogen) atoms. The fraction of sp³-hybridized carbons (Fsp3) is 0.643. The molecule has 0 spiro atoms. The highest BCUT2D eigenvalue weighted by Gasteiger charge is 2.24. The smallest absolute Gasteiger partial charge is 0.0372 e. The van der Waals surface area contributed by atoms with Gasteiger partial charge in [-0.25, -0.2) is 0 Å². The number of nitrogens with zero attached hydrogens (tertiary/aromatic N) is 2. The summed E-state index contributed by atoms with van der Waals surface area (Å²) in [6, 6.07) is 5.74. The molecule has 2 nitrogen and oxygen atoms in total. The van der Waals surface area contributed by atoms with Crippen molar-refractivity contribution in [3.63, 3.8) is 0 Å². The van der Waals surface area contributed by atoms with Crippen molar-refractivity contribution in [1.82, 2.24) is 9.88 Å². The molecule has 1 saturated heterocycles. The molecule has 2 heterocycles. The number of aryl methyl sites for hydroxylation is 1. The van der Waals surface area contributed by atoms with Crippen molar-refractivity contribution in [3.8, 4) is 0 Å². The Bertz CT molecular complexity index is 321. The molecule has 1 aromatic heterocycles. The van der Waals surface area contributed by atoms with Crippen molar-refractivity contribution in [2.24, 2.45) is 0 Å². The van der Waals surface area contributed by atoms with E-state index in [4.69, 9.17) is 0 Å². The Morgan fingerprint density at radius 2 is 1.94 bits per heavy atom. The third kappa shape index (κ3) is 2.62. The summed E-state index contributed by atoms with van der Waals surface area (Å²) in [7, 11) is 0. The molecule has 1 aromatic rings. The van der Waals surface area contributed by atoms with Gasteiger partial charge in [-0.2, -0.15) is 0 Å². The first-order valence-electron chi connectivity index (χ1n) is 6.34. The van der Waals surface area contributed by atoms with Crippen LogP contribution in [-0.2, 0) is 6.54 Å². The molecule has 1 fully saturated rings. The number of piperidine rings is 1. The Morgan fingerprint density at radius 3 is 2.50 bits per heavy atom. The summed E-state index contributed by atoms with van der Waals surface area (Å²) in [4.78, 5) is 6.98. The third-order valence-electron chi connectivity index (χ3n) is 3.71. The maximum absolute atomic E-state index is 4.37. The van der Waals surface area contributed by atoms with Crippen molar-refractivity contribution in [3.05, 3.63) is 29.6 Å². The molecule has 0 radical (unpaired) electrons. The average Bonchev–Trinajstić information content (AvgIpc) is 2.26. The highest BCUT2D eigenvalue weighted by Crippen LogP contribution is 2.24. The first kappa shape index (κ1) is 11.6. The molecule has 1 aliphatic rings. The van der Waals surface area contributed by atoms with Gasteiger partial charge in [-0.3, -0.25) is 9.88 Å². The van der Waals surface area contributed by atoms with E-state index in [9.17, 15) is 0 Å². The molecule has 2 rings (SSSR count). The van der Waals surface area contributed by atoms with Gasteiger partial charge in [-0.15, -0.1) is 0 Å². The number of hydrogen-bond donors (Lipinski definition) is 0. The topological polar surface area (TPSA) is 16.1 Å². The second-order valence-corrected chi connectivity index (χ2v) is 5.11. The number of hydrogen-bond acceptors (Lipinski definition) is 2. The lowest BCUT2D eigenvalue weighted by Gasteiger charge is -2.39. The van der Waals surface area contributed by atoms with Gasteiger partial charge in [0.1, 0.15) is 0 Å². The fourth-order valence-electron chi connectivity index (χ4n) is 2.59. The predicted octanol–water partition coefficient (Wildman–Crippen LogP) is 3.15. The molecule has 0 saturated carbocycles. The Labute approximate surface area is 98.7 Å². The van der Waals surface area contributed by atoms with Crippen LogP contribution >= 0.6 is 0 Å². The summed E-state index contributed by atoms with van der Waals surface area (Å²) in [6.45, 7) is 7.78. The third-order valence-corrected chi connectivity index (χ3v) is 3.71. The van der Waals surface area contributed by atoms with Crippen LogP contribution in [0.15, 0.2) is 18.3 Å². The van der Waals surface area contributed by atoms with Gasteiger partial charge in [0, 0.05) is 30.5 Å². The summed E-state index contributed by atoms with van der Waals surface area (Å²) in [5.74, 6) is 0. The minimum atomic E-state index is 0.713. The van der Waals surface area contributed by atoms with Gasteiger partial charge in [0.05, 0.1) is 0 Å². The van der Waals surface area contributed by atoms with Crippen molar-refractivity contribution < 1.29 is 0 Å². The summed E-state index contributed by atoms with van der Waals surface area (Å²) >= 11 is 0. The first-order chi connectivity index (χ1) is 7.66. The molecular formula is C14H22N2. The second kappa shape index (κ2) is 4.96. The normalized spacial score (nSPS) is 26.9. The molecule has 88 valence electrons. The van der Waals surface area contributed by atoms with Gasteiger partial charge in [-0.05, 0) is 45.2 Å². The molecule has 0 aromatic carbocycles. The van der Waals surface area contributed by atoms with E-state index < -0.39 is 0 Å². The molecule has 0 amide bonds. The van der Waals surface area contributed by atoms with E-state index in [-0.39, 0.29) is 0 Å². The van der Waals surface area contributed by atoms with Crippen LogP contribution in [0.3, 0.4) is 0 Å². The quantitative estimate of drug-likeness (QED) is 0.758. The monoisotopic (exact) mass is 218 g/mol. The first-order valence-corrected chi connectivity index (χ1v) is 6.34. The Morgan fingerprint density at radius 1 is 1.25 bits per heavy atom. The van der Waals surface area contributed by atoms with Crippen LogP contribution in [-0.4, -0.2) is 22.0 Å². The van der Waals surface area contributed by atoms with Gasteiger partial charge in [-0.1, -0.05) is 12.5 Å². The maximum atomic E-state index is 4.37. The van der Waals surface area contributed by atoms with Crippen molar-refractivity contribution in [1.29, 1.82) is 0 Å². The number of aromatic nitrogens is 1. The van der Waals surface area contributed by atoms with Gasteiger partial charge >= 0.3 is 0 Å². The number of likely N-dealkylation sites (tertiary alicyclic amines) is 1. The zero-order valence-electron chi connectivity index (χ0n) is 10.6. The lowest BCUT2D eigenvalue weighted by Crippen LogP contribution is -2.42. The van der Waals surface area contributed by atoms with Crippen molar-refractivity contribution in [2.45, 2.75) is 58.7 Å². The van der Waals surface area contributed by atoms with Crippen LogP contribution in [0.25, 0.3) is 0 Å². The lowest BCUT2D eigenvalue weighted by atomic mass is 9.97. The van der Waals surface area contributed by atoms with E-state index in [2.05, 4.69) is 35.9 Å². The molecular weight excluding hydrogens is 196 g/mol. The summed E-state index contributed by atoms with van der Waals surface area (Å²) in [6.07, 6.45) is 6.07. The molecule has 2 heteroatoms. The molecule has 0 aliphatic carbocycles. The largest absolute Gasteiger partial charge is 0.294 e. The average molecular weight is 218 g/mol. The van der Waals surface area contributed by atoms with E-state index in [1.165, 1.54) is 24.8 Å². The van der Waals surface area contributed by atoms with E-state index in [0.29, 0.717) is 12.1 Å². The molecule has 0 N–H and O–H groups in total. The SMILES string of the molecule is Cc1ccc(CN2[C@H](C)CCC[C@@H]2C)cn1. The van der Waals surface area contributed by atoms with Crippen LogP contribution < -0.4 is 0 Å². The lowest BCUT2D eigenvalue weighted by molar-refractivity contribution is 0.0951. The van der Waals surface area contributed by atoms with Crippen molar-refractivity contribution >= 4 is 0 Å². The Hall–Kier alpha value is -0.890. The van der Waals surface area contributed by atoms with Gasteiger partial charge in [0.25, 0.3) is 0 Å². The minimum Gasteiger partial charge on any atom is -0.294 e. The zero-order chi connectivity index (χ0) is 11.5. The summed E-state index contributed by atoms with van der Waals surface area (Å²) in [5.41, 5.74) is 2.44. The second-order valence-electron chi connectivity index (χ2n) is 5.11. The van der Waals surface area contributed by atoms with E-state index in [0.717, 1.165) is 12.2 Å². The Balaban J connectivity index is 2.04. The number of pyridine rings is 1. The molecule has 0 bridgehead atoms. The summed E-state index contributed by atoms with van der Waals surface area (Å²) < 4.78 is 0. The van der Waals surface area contributed by atoms with Gasteiger partial charge in [0.15, 0.2) is 0 Å². The van der Waals surface area contributed by atoms with E-state index >= 15 is 0 Å². The van der Waals surface area contributed by atoms with Crippen LogP contribution in [0.5, 0.6) is 0 Å². The fourth-order valence-corrected chi connectivity index (χ4v) is 2.59. The maximum Gasteiger partial charge on any atom is 0.0372 e. The highest BCUT2D eigenvalue weighted by atomic mass is 15.2. The van der Waals surface area contributed by atoms with E-state index in [1.54, 1.807) is 0 Å². The van der Waals surface area contributed by atoms with E-state index in [1.807, 2.05) is 13.1 Å². The van der Waals surface area contributed by atoms with Gasteiger partial charge in [0.2, 0.25) is 0 Å². The Kier molecular flexibility index (Phi) is 3.59. The minimum absolute atomic E-state index is 0.713. The highest BCUT2D eigenvalue weighted by molar-refractivity contribution is 5.13. The zero-order valence-corrected chi connectivity index (χ0v) is 10.6. The van der Waals surface area contributed by atoms with Gasteiger partial charge < -0.3 is 0 Å². The predicted molar refractivity (Wildman–Crippen MR) is 67.3 cm³/mol. The standard InChI is InChI=1S/C14H22N2/c1-11-7-8-14(9-15-11)10-16-12(2)5-4-6-13(16)3/h7-9,12-13H,4-6,10H2,1-3H3/t12-,13+. The van der Waals surface area contributed by atoms with Crippen LogP contribution in [0.1, 0.15) is 44.4 Å².